The summed E-state index contributed by atoms with van der Waals surface area (Å²) in [4.78, 5) is 16.5. The number of nitrogens with two attached hydrogens (primary N) is 1. The molecule has 1 aromatic rings. The minimum atomic E-state index is 0.0415. The molecule has 1 fully saturated rings. The highest BCUT2D eigenvalue weighted by Gasteiger charge is 2.26. The zero-order valence-electron chi connectivity index (χ0n) is 11.6. The highest BCUT2D eigenvalue weighted by molar-refractivity contribution is 5.97. The molecule has 1 saturated carbocycles. The monoisotopic (exact) mass is 262 g/mol. The summed E-state index contributed by atoms with van der Waals surface area (Å²) in [5, 5.41) is 0. The molecule has 1 aliphatic rings. The van der Waals surface area contributed by atoms with Gasteiger partial charge in [-0.15, -0.1) is 0 Å². The Labute approximate surface area is 114 Å². The smallest absolute Gasteiger partial charge is 0.167 e. The normalized spacial score (nSPS) is 23.4. The Morgan fingerprint density at radius 1 is 1.42 bits per heavy atom. The van der Waals surface area contributed by atoms with E-state index in [2.05, 4.69) is 4.98 Å². The number of carbonyl (C=O) groups excluding carboxylic acids is 1. The molecule has 2 N–H and O–H groups in total. The highest BCUT2D eigenvalue weighted by Crippen LogP contribution is 2.27. The van der Waals surface area contributed by atoms with Gasteiger partial charge in [-0.25, -0.2) is 0 Å². The Bertz CT molecular complexity index is 446. The van der Waals surface area contributed by atoms with Crippen LogP contribution < -0.4 is 10.5 Å². The lowest BCUT2D eigenvalue weighted by molar-refractivity contribution is 0.0880. The average Bonchev–Trinajstić information content (AvgIpc) is 2.37. The summed E-state index contributed by atoms with van der Waals surface area (Å²) in [5.41, 5.74) is 6.58. The van der Waals surface area contributed by atoms with Crippen LogP contribution in [0.1, 0.15) is 49.9 Å². The van der Waals surface area contributed by atoms with Gasteiger partial charge in [0.2, 0.25) is 0 Å². The number of aromatic nitrogens is 1. The van der Waals surface area contributed by atoms with E-state index < -0.39 is 0 Å². The van der Waals surface area contributed by atoms with Gasteiger partial charge in [-0.1, -0.05) is 6.42 Å². The minimum absolute atomic E-state index is 0.0415. The van der Waals surface area contributed by atoms with Gasteiger partial charge in [0.05, 0.1) is 12.3 Å². The Hall–Kier alpha value is -1.42. The summed E-state index contributed by atoms with van der Waals surface area (Å²) in [6.45, 7) is 3.91. The summed E-state index contributed by atoms with van der Waals surface area (Å²) in [5.74, 6) is 0.845. The Kier molecular flexibility index (Phi) is 4.53. The predicted octanol–water partition coefficient (Wildman–Crippen LogP) is 2.57. The molecule has 0 aliphatic heterocycles. The predicted molar refractivity (Wildman–Crippen MR) is 74.3 cm³/mol. The first-order chi connectivity index (χ1) is 9.06. The van der Waals surface area contributed by atoms with Gasteiger partial charge in [-0.3, -0.25) is 9.78 Å². The molecule has 0 saturated heterocycles. The number of ether oxygens (including phenoxy) is 1. The van der Waals surface area contributed by atoms with E-state index in [0.29, 0.717) is 11.3 Å². The van der Waals surface area contributed by atoms with Crippen LogP contribution in [-0.2, 0) is 0 Å². The van der Waals surface area contributed by atoms with E-state index in [-0.39, 0.29) is 23.8 Å². The molecule has 2 unspecified atom stereocenters. The van der Waals surface area contributed by atoms with Crippen molar-refractivity contribution in [1.82, 2.24) is 4.98 Å². The molecule has 19 heavy (non-hydrogen) atoms. The number of hydrogen-bond acceptors (Lipinski definition) is 4. The molecule has 1 aromatic heterocycles. The van der Waals surface area contributed by atoms with Crippen molar-refractivity contribution in [3.05, 3.63) is 24.0 Å². The van der Waals surface area contributed by atoms with Gasteiger partial charge in [0.1, 0.15) is 5.75 Å². The zero-order valence-corrected chi connectivity index (χ0v) is 11.6. The average molecular weight is 262 g/mol. The molecule has 4 heteroatoms. The molecule has 0 radical (unpaired) electrons. The van der Waals surface area contributed by atoms with E-state index in [1.165, 1.54) is 0 Å². The van der Waals surface area contributed by atoms with Crippen LogP contribution in [0.4, 0.5) is 0 Å². The second-order valence-corrected chi connectivity index (χ2v) is 5.56. The standard InChI is InChI=1S/C15H22N2O2/c1-10(2)19-14-7-12(8-17-9-14)15(18)11-4-3-5-13(16)6-11/h7-11,13H,3-6,16H2,1-2H3. The lowest BCUT2D eigenvalue weighted by Gasteiger charge is -2.25. The molecule has 0 bridgehead atoms. The van der Waals surface area contributed by atoms with Gasteiger partial charge < -0.3 is 10.5 Å². The molecule has 1 aliphatic carbocycles. The molecular formula is C15H22N2O2. The quantitative estimate of drug-likeness (QED) is 0.847. The van der Waals surface area contributed by atoms with Crippen molar-refractivity contribution < 1.29 is 9.53 Å². The molecule has 2 rings (SSSR count). The number of rotatable bonds is 4. The molecule has 0 spiro atoms. The van der Waals surface area contributed by atoms with Crippen molar-refractivity contribution in [2.45, 2.75) is 51.7 Å². The SMILES string of the molecule is CC(C)Oc1cncc(C(=O)C2CCCC(N)C2)c1. The largest absolute Gasteiger partial charge is 0.489 e. The Morgan fingerprint density at radius 2 is 2.21 bits per heavy atom. The fourth-order valence-electron chi connectivity index (χ4n) is 2.59. The maximum absolute atomic E-state index is 12.4. The van der Waals surface area contributed by atoms with E-state index in [0.717, 1.165) is 25.7 Å². The third kappa shape index (κ3) is 3.77. The van der Waals surface area contributed by atoms with Gasteiger partial charge >= 0.3 is 0 Å². The molecule has 0 amide bonds. The van der Waals surface area contributed by atoms with Crippen LogP contribution in [0.3, 0.4) is 0 Å². The summed E-state index contributed by atoms with van der Waals surface area (Å²) < 4.78 is 5.57. The Balaban J connectivity index is 2.10. The van der Waals surface area contributed by atoms with Crippen LogP contribution >= 0.6 is 0 Å². The topological polar surface area (TPSA) is 65.2 Å². The van der Waals surface area contributed by atoms with Crippen molar-refractivity contribution in [1.29, 1.82) is 0 Å². The lowest BCUT2D eigenvalue weighted by atomic mass is 9.82. The van der Waals surface area contributed by atoms with Crippen LogP contribution in [0.2, 0.25) is 0 Å². The molecule has 104 valence electrons. The fraction of sp³-hybridized carbons (Fsp3) is 0.600. The molecule has 4 nitrogen and oxygen atoms in total. The Morgan fingerprint density at radius 3 is 2.89 bits per heavy atom. The first-order valence-electron chi connectivity index (χ1n) is 6.97. The maximum atomic E-state index is 12.4. The second kappa shape index (κ2) is 6.15. The molecule has 1 heterocycles. The number of hydrogen-bond donors (Lipinski definition) is 1. The van der Waals surface area contributed by atoms with Crippen molar-refractivity contribution >= 4 is 5.78 Å². The van der Waals surface area contributed by atoms with Gasteiger partial charge in [-0.05, 0) is 39.2 Å². The number of pyridine rings is 1. The number of nitrogens with zero attached hydrogens (tertiary/aromatic N) is 1. The van der Waals surface area contributed by atoms with Gasteiger partial charge in [0.15, 0.2) is 5.78 Å². The third-order valence-corrected chi connectivity index (χ3v) is 3.46. The van der Waals surface area contributed by atoms with Crippen molar-refractivity contribution in [3.8, 4) is 5.75 Å². The van der Waals surface area contributed by atoms with Crippen LogP contribution in [0.25, 0.3) is 0 Å². The summed E-state index contributed by atoms with van der Waals surface area (Å²) in [7, 11) is 0. The van der Waals surface area contributed by atoms with Gasteiger partial charge in [-0.2, -0.15) is 0 Å². The maximum Gasteiger partial charge on any atom is 0.167 e. The van der Waals surface area contributed by atoms with Crippen LogP contribution in [-0.4, -0.2) is 22.9 Å². The summed E-state index contributed by atoms with van der Waals surface area (Å²) >= 11 is 0. The highest BCUT2D eigenvalue weighted by atomic mass is 16.5. The third-order valence-electron chi connectivity index (χ3n) is 3.46. The first-order valence-corrected chi connectivity index (χ1v) is 6.97. The summed E-state index contributed by atoms with van der Waals surface area (Å²) in [6.07, 6.45) is 7.12. The van der Waals surface area contributed by atoms with Crippen LogP contribution in [0.15, 0.2) is 18.5 Å². The first kappa shape index (κ1) is 14.0. The number of ketones is 1. The van der Waals surface area contributed by atoms with Crippen molar-refractivity contribution in [2.75, 3.05) is 0 Å². The van der Waals surface area contributed by atoms with E-state index in [1.807, 2.05) is 13.8 Å². The van der Waals surface area contributed by atoms with Crippen LogP contribution in [0.5, 0.6) is 5.75 Å². The van der Waals surface area contributed by atoms with Crippen molar-refractivity contribution in [3.63, 3.8) is 0 Å². The molecule has 2 atom stereocenters. The summed E-state index contributed by atoms with van der Waals surface area (Å²) in [6, 6.07) is 1.95. The fourth-order valence-corrected chi connectivity index (χ4v) is 2.59. The number of Topliss-reactive ketones (excluding diaryl/α,β-unsaturated/α-hetero) is 1. The van der Waals surface area contributed by atoms with E-state index in [1.54, 1.807) is 18.5 Å². The van der Waals surface area contributed by atoms with E-state index in [9.17, 15) is 4.79 Å². The zero-order chi connectivity index (χ0) is 13.8. The van der Waals surface area contributed by atoms with Gasteiger partial charge in [0.25, 0.3) is 0 Å². The van der Waals surface area contributed by atoms with Gasteiger partial charge in [0, 0.05) is 23.7 Å². The van der Waals surface area contributed by atoms with E-state index >= 15 is 0 Å². The second-order valence-electron chi connectivity index (χ2n) is 5.56. The molecular weight excluding hydrogens is 240 g/mol. The van der Waals surface area contributed by atoms with E-state index in [4.69, 9.17) is 10.5 Å². The van der Waals surface area contributed by atoms with Crippen LogP contribution in [0, 0.1) is 5.92 Å². The molecule has 0 aromatic carbocycles. The number of carbonyl (C=O) groups is 1. The van der Waals surface area contributed by atoms with Crippen molar-refractivity contribution in [2.24, 2.45) is 11.7 Å². The minimum Gasteiger partial charge on any atom is -0.489 e. The lowest BCUT2D eigenvalue weighted by Crippen LogP contribution is -2.31.